The first-order valence-electron chi connectivity index (χ1n) is 10.1. The van der Waals surface area contributed by atoms with Crippen LogP contribution in [0.2, 0.25) is 0 Å². The number of anilines is 2. The molecule has 0 radical (unpaired) electrons. The fourth-order valence-electron chi connectivity index (χ4n) is 4.03. The van der Waals surface area contributed by atoms with Gasteiger partial charge in [0.1, 0.15) is 6.54 Å². The predicted octanol–water partition coefficient (Wildman–Crippen LogP) is 2.89. The van der Waals surface area contributed by atoms with Crippen LogP contribution in [0.3, 0.4) is 0 Å². The van der Waals surface area contributed by atoms with Crippen molar-refractivity contribution in [3.8, 4) is 0 Å². The third-order valence-electron chi connectivity index (χ3n) is 5.52. The van der Waals surface area contributed by atoms with E-state index in [-0.39, 0.29) is 18.5 Å². The number of amides is 1. The van der Waals surface area contributed by atoms with Crippen molar-refractivity contribution < 1.29 is 13.2 Å². The van der Waals surface area contributed by atoms with Crippen molar-refractivity contribution in [3.63, 3.8) is 0 Å². The number of carbonyl (C=O) groups is 1. The summed E-state index contributed by atoms with van der Waals surface area (Å²) in [6.07, 6.45) is 10.2. The summed E-state index contributed by atoms with van der Waals surface area (Å²) in [5, 5.41) is 3.00. The van der Waals surface area contributed by atoms with E-state index in [1.54, 1.807) is 12.1 Å². The van der Waals surface area contributed by atoms with E-state index in [1.807, 2.05) is 12.1 Å². The van der Waals surface area contributed by atoms with Gasteiger partial charge in [-0.25, -0.2) is 8.42 Å². The standard InChI is InChI=1S/C20H31N3O3S/c1-27(25,26)23(16-20(24)21-17-8-4-2-5-9-17)19-12-10-18(11-13-19)22-14-6-3-7-15-22/h10-13,17H,2-9,14-16H2,1H3,(H,21,24). The second-order valence-corrected chi connectivity index (χ2v) is 9.64. The largest absolute Gasteiger partial charge is 0.372 e. The summed E-state index contributed by atoms with van der Waals surface area (Å²) < 4.78 is 25.8. The minimum absolute atomic E-state index is 0.168. The first-order valence-corrected chi connectivity index (χ1v) is 11.9. The topological polar surface area (TPSA) is 69.7 Å². The van der Waals surface area contributed by atoms with Gasteiger partial charge in [0.2, 0.25) is 15.9 Å². The summed E-state index contributed by atoms with van der Waals surface area (Å²) >= 11 is 0. The maximum absolute atomic E-state index is 12.4. The average molecular weight is 394 g/mol. The molecule has 150 valence electrons. The van der Waals surface area contributed by atoms with Crippen LogP contribution in [0.1, 0.15) is 51.4 Å². The lowest BCUT2D eigenvalue weighted by atomic mass is 9.95. The van der Waals surface area contributed by atoms with Crippen LogP contribution in [-0.4, -0.2) is 46.3 Å². The summed E-state index contributed by atoms with van der Waals surface area (Å²) in [4.78, 5) is 14.8. The zero-order valence-corrected chi connectivity index (χ0v) is 17.0. The van der Waals surface area contributed by atoms with Crippen LogP contribution in [0.25, 0.3) is 0 Å². The number of piperidine rings is 1. The van der Waals surface area contributed by atoms with Crippen molar-refractivity contribution in [1.29, 1.82) is 0 Å². The number of hydrogen-bond acceptors (Lipinski definition) is 4. The number of benzene rings is 1. The van der Waals surface area contributed by atoms with Gasteiger partial charge in [-0.15, -0.1) is 0 Å². The summed E-state index contributed by atoms with van der Waals surface area (Å²) in [5.74, 6) is -0.229. The van der Waals surface area contributed by atoms with Gasteiger partial charge in [-0.3, -0.25) is 9.10 Å². The highest BCUT2D eigenvalue weighted by Gasteiger charge is 2.23. The molecular weight excluding hydrogens is 362 g/mol. The molecule has 27 heavy (non-hydrogen) atoms. The minimum atomic E-state index is -3.53. The summed E-state index contributed by atoms with van der Waals surface area (Å²) in [6, 6.07) is 7.70. The molecule has 6 nitrogen and oxygen atoms in total. The Morgan fingerprint density at radius 1 is 1.04 bits per heavy atom. The number of nitrogens with zero attached hydrogens (tertiary/aromatic N) is 2. The second-order valence-electron chi connectivity index (χ2n) is 7.74. The number of nitrogens with one attached hydrogen (secondary N) is 1. The molecule has 1 aliphatic carbocycles. The first kappa shape index (κ1) is 20.0. The van der Waals surface area contributed by atoms with Gasteiger partial charge >= 0.3 is 0 Å². The molecule has 0 atom stereocenters. The Labute approximate surface area is 163 Å². The molecule has 1 saturated heterocycles. The third kappa shape index (κ3) is 5.61. The molecule has 1 N–H and O–H groups in total. The predicted molar refractivity (Wildman–Crippen MR) is 110 cm³/mol. The quantitative estimate of drug-likeness (QED) is 0.807. The molecule has 1 aliphatic heterocycles. The Morgan fingerprint density at radius 2 is 1.63 bits per heavy atom. The second kappa shape index (κ2) is 8.95. The molecule has 1 saturated carbocycles. The smallest absolute Gasteiger partial charge is 0.240 e. The highest BCUT2D eigenvalue weighted by molar-refractivity contribution is 7.92. The van der Waals surface area contributed by atoms with E-state index >= 15 is 0 Å². The monoisotopic (exact) mass is 393 g/mol. The van der Waals surface area contributed by atoms with Crippen LogP contribution in [-0.2, 0) is 14.8 Å². The van der Waals surface area contributed by atoms with E-state index in [9.17, 15) is 13.2 Å². The van der Waals surface area contributed by atoms with Crippen LogP contribution < -0.4 is 14.5 Å². The van der Waals surface area contributed by atoms with Gasteiger partial charge in [0.25, 0.3) is 0 Å². The Bertz CT molecular complexity index is 721. The van der Waals surface area contributed by atoms with E-state index < -0.39 is 10.0 Å². The molecule has 1 heterocycles. The van der Waals surface area contributed by atoms with Crippen molar-refractivity contribution in [2.24, 2.45) is 0 Å². The van der Waals surface area contributed by atoms with E-state index in [0.29, 0.717) is 5.69 Å². The van der Waals surface area contributed by atoms with Crippen LogP contribution in [0.4, 0.5) is 11.4 Å². The molecule has 1 aromatic carbocycles. The molecule has 0 unspecified atom stereocenters. The highest BCUT2D eigenvalue weighted by Crippen LogP contribution is 2.25. The van der Waals surface area contributed by atoms with Crippen LogP contribution in [0.5, 0.6) is 0 Å². The van der Waals surface area contributed by atoms with E-state index in [0.717, 1.165) is 50.7 Å². The maximum atomic E-state index is 12.4. The molecule has 7 heteroatoms. The van der Waals surface area contributed by atoms with Crippen molar-refractivity contribution in [2.45, 2.75) is 57.4 Å². The Hall–Kier alpha value is -1.76. The zero-order valence-electron chi connectivity index (χ0n) is 16.2. The van der Waals surface area contributed by atoms with E-state index in [1.165, 1.54) is 30.0 Å². The third-order valence-corrected chi connectivity index (χ3v) is 6.66. The zero-order chi connectivity index (χ0) is 19.3. The van der Waals surface area contributed by atoms with Gasteiger partial charge in [0.05, 0.1) is 11.9 Å². The van der Waals surface area contributed by atoms with Crippen LogP contribution in [0, 0.1) is 0 Å². The Morgan fingerprint density at radius 3 is 2.22 bits per heavy atom. The van der Waals surface area contributed by atoms with E-state index in [2.05, 4.69) is 10.2 Å². The fraction of sp³-hybridized carbons (Fsp3) is 0.650. The summed E-state index contributed by atoms with van der Waals surface area (Å²) in [7, 11) is -3.53. The molecule has 0 aromatic heterocycles. The normalized spacial score (nSPS) is 18.9. The minimum Gasteiger partial charge on any atom is -0.372 e. The van der Waals surface area contributed by atoms with Gasteiger partial charge in [-0.1, -0.05) is 19.3 Å². The van der Waals surface area contributed by atoms with Crippen molar-refractivity contribution in [2.75, 3.05) is 35.1 Å². The number of sulfonamides is 1. The summed E-state index contributed by atoms with van der Waals surface area (Å²) in [5.41, 5.74) is 1.65. The van der Waals surface area contributed by atoms with E-state index in [4.69, 9.17) is 0 Å². The SMILES string of the molecule is CS(=O)(=O)N(CC(=O)NC1CCCCC1)c1ccc(N2CCCCC2)cc1. The molecule has 3 rings (SSSR count). The average Bonchev–Trinajstić information content (AvgIpc) is 2.67. The molecule has 2 fully saturated rings. The van der Waals surface area contributed by atoms with Crippen molar-refractivity contribution in [3.05, 3.63) is 24.3 Å². The van der Waals surface area contributed by atoms with Gasteiger partial charge in [0, 0.05) is 24.8 Å². The van der Waals surface area contributed by atoms with Gasteiger partial charge in [-0.05, 0) is 56.4 Å². The van der Waals surface area contributed by atoms with Gasteiger partial charge in [0.15, 0.2) is 0 Å². The Balaban J connectivity index is 1.67. The molecule has 1 aromatic rings. The lowest BCUT2D eigenvalue weighted by Crippen LogP contribution is -2.44. The van der Waals surface area contributed by atoms with Crippen LogP contribution >= 0.6 is 0 Å². The molecule has 1 amide bonds. The van der Waals surface area contributed by atoms with Gasteiger partial charge < -0.3 is 10.2 Å². The maximum Gasteiger partial charge on any atom is 0.240 e. The lowest BCUT2D eigenvalue weighted by molar-refractivity contribution is -0.120. The molecular formula is C20H31N3O3S. The van der Waals surface area contributed by atoms with Gasteiger partial charge in [-0.2, -0.15) is 0 Å². The lowest BCUT2D eigenvalue weighted by Gasteiger charge is -2.29. The van der Waals surface area contributed by atoms with Crippen molar-refractivity contribution >= 4 is 27.3 Å². The Kier molecular flexibility index (Phi) is 6.63. The number of carbonyl (C=O) groups excluding carboxylic acids is 1. The first-order chi connectivity index (χ1) is 12.9. The number of hydrogen-bond donors (Lipinski definition) is 1. The van der Waals surface area contributed by atoms with Crippen LogP contribution in [0.15, 0.2) is 24.3 Å². The highest BCUT2D eigenvalue weighted by atomic mass is 32.2. The van der Waals surface area contributed by atoms with Crippen molar-refractivity contribution in [1.82, 2.24) is 5.32 Å². The summed E-state index contributed by atoms with van der Waals surface area (Å²) in [6.45, 7) is 1.91. The molecule has 0 bridgehead atoms. The molecule has 0 spiro atoms. The fourth-order valence-corrected chi connectivity index (χ4v) is 4.89. The molecule has 2 aliphatic rings. The number of rotatable bonds is 6.